The van der Waals surface area contributed by atoms with Crippen LogP contribution in [0.4, 0.5) is 4.39 Å². The van der Waals surface area contributed by atoms with E-state index in [0.29, 0.717) is 5.56 Å². The molecule has 0 radical (unpaired) electrons. The van der Waals surface area contributed by atoms with Crippen LogP contribution in [0.1, 0.15) is 44.3 Å². The third kappa shape index (κ3) is 4.71. The zero-order chi connectivity index (χ0) is 22.1. The molecule has 8 heteroatoms. The highest BCUT2D eigenvalue weighted by Gasteiger charge is 2.26. The maximum Gasteiger partial charge on any atom is 0.341 e. The molecule has 0 unspecified atom stereocenters. The van der Waals surface area contributed by atoms with Crippen molar-refractivity contribution in [3.63, 3.8) is 0 Å². The third-order valence-corrected chi connectivity index (χ3v) is 6.51. The van der Waals surface area contributed by atoms with Gasteiger partial charge in [0.05, 0.1) is 10.5 Å². The smallest absolute Gasteiger partial charge is 0.341 e. The van der Waals surface area contributed by atoms with Crippen LogP contribution in [0.2, 0.25) is 0 Å². The number of nitrogens with zero attached hydrogens (tertiary/aromatic N) is 1. The Kier molecular flexibility index (Phi) is 6.60. The van der Waals surface area contributed by atoms with Crippen LogP contribution >= 0.6 is 0 Å². The van der Waals surface area contributed by atoms with Crippen LogP contribution in [0.3, 0.4) is 0 Å². The van der Waals surface area contributed by atoms with Crippen molar-refractivity contribution < 1.29 is 27.1 Å². The second-order valence-corrected chi connectivity index (χ2v) is 9.24. The number of sulfonamides is 1. The fraction of sp³-hybridized carbons (Fsp3) is 0.333. The molecule has 1 atom stereocenters. The van der Waals surface area contributed by atoms with Gasteiger partial charge in [-0.05, 0) is 68.7 Å². The normalized spacial score (nSPS) is 12.7. The van der Waals surface area contributed by atoms with E-state index in [2.05, 4.69) is 0 Å². The number of carbonyl (C=O) groups is 2. The molecule has 0 heterocycles. The molecule has 0 spiro atoms. The summed E-state index contributed by atoms with van der Waals surface area (Å²) in [5.41, 5.74) is 2.56. The number of esters is 1. The number of ether oxygens (including phenoxy) is 1. The number of benzene rings is 2. The van der Waals surface area contributed by atoms with Crippen LogP contribution < -0.4 is 0 Å². The number of halogens is 1. The first-order valence-electron chi connectivity index (χ1n) is 8.91. The van der Waals surface area contributed by atoms with Gasteiger partial charge in [-0.3, -0.25) is 4.79 Å². The van der Waals surface area contributed by atoms with Crippen LogP contribution in [-0.2, 0) is 14.8 Å². The molecule has 0 amide bonds. The van der Waals surface area contributed by atoms with E-state index >= 15 is 0 Å². The van der Waals surface area contributed by atoms with Gasteiger partial charge in [0, 0.05) is 19.7 Å². The van der Waals surface area contributed by atoms with E-state index in [0.717, 1.165) is 39.2 Å². The molecular weight excluding hydrogens is 397 g/mol. The van der Waals surface area contributed by atoms with E-state index in [1.807, 2.05) is 19.9 Å². The predicted molar refractivity (Wildman–Crippen MR) is 107 cm³/mol. The molecule has 0 bridgehead atoms. The Hall–Kier alpha value is -2.58. The summed E-state index contributed by atoms with van der Waals surface area (Å²) >= 11 is 0. The fourth-order valence-corrected chi connectivity index (χ4v) is 3.68. The van der Waals surface area contributed by atoms with Gasteiger partial charge in [-0.15, -0.1) is 0 Å². The number of ketones is 1. The van der Waals surface area contributed by atoms with Gasteiger partial charge in [0.2, 0.25) is 15.8 Å². The maximum absolute atomic E-state index is 14.2. The average Bonchev–Trinajstić information content (AvgIpc) is 2.63. The summed E-state index contributed by atoms with van der Waals surface area (Å²) in [6.07, 6.45) is -1.17. The van der Waals surface area contributed by atoms with E-state index in [9.17, 15) is 22.4 Å². The summed E-state index contributed by atoms with van der Waals surface area (Å²) in [4.78, 5) is 24.9. The maximum atomic E-state index is 14.2. The first-order valence-corrected chi connectivity index (χ1v) is 10.4. The van der Waals surface area contributed by atoms with Gasteiger partial charge in [-0.25, -0.2) is 21.9 Å². The molecule has 0 saturated carbocycles. The molecule has 0 saturated heterocycles. The molecule has 156 valence electrons. The summed E-state index contributed by atoms with van der Waals surface area (Å²) in [5.74, 6) is -2.47. The molecule has 0 fully saturated rings. The Labute approximate surface area is 170 Å². The zero-order valence-corrected chi connectivity index (χ0v) is 18.1. The zero-order valence-electron chi connectivity index (χ0n) is 17.2. The first-order chi connectivity index (χ1) is 13.4. The van der Waals surface area contributed by atoms with E-state index in [1.54, 1.807) is 13.0 Å². The number of hydrogen-bond donors (Lipinski definition) is 0. The number of rotatable bonds is 6. The lowest BCUT2D eigenvalue weighted by molar-refractivity contribution is 0.0313. The van der Waals surface area contributed by atoms with Crippen molar-refractivity contribution in [3.8, 4) is 0 Å². The first kappa shape index (κ1) is 22.7. The van der Waals surface area contributed by atoms with Gasteiger partial charge in [0.15, 0.2) is 6.10 Å². The molecule has 0 aliphatic rings. The fourth-order valence-electron chi connectivity index (χ4n) is 2.75. The standard InChI is InChI=1S/C21H24FNO5S/c1-12-9-14(3)17(10-13(12)2)20(24)15(4)28-21(25)18-11-16(7-8-19(18)22)29(26,27)23(5)6/h7-11,15H,1-6H3/t15-/m0/s1. The molecule has 0 N–H and O–H groups in total. The molecule has 0 aromatic heterocycles. The Morgan fingerprint density at radius 1 is 0.966 bits per heavy atom. The predicted octanol–water partition coefficient (Wildman–Crippen LogP) is 3.43. The third-order valence-electron chi connectivity index (χ3n) is 4.70. The van der Waals surface area contributed by atoms with E-state index in [-0.39, 0.29) is 4.90 Å². The van der Waals surface area contributed by atoms with E-state index in [1.165, 1.54) is 21.0 Å². The monoisotopic (exact) mass is 421 g/mol. The van der Waals surface area contributed by atoms with Crippen molar-refractivity contribution in [2.45, 2.75) is 38.7 Å². The van der Waals surface area contributed by atoms with Crippen molar-refractivity contribution >= 4 is 21.8 Å². The average molecular weight is 421 g/mol. The lowest BCUT2D eigenvalue weighted by atomic mass is 9.96. The minimum absolute atomic E-state index is 0.250. The highest BCUT2D eigenvalue weighted by atomic mass is 32.2. The van der Waals surface area contributed by atoms with Gasteiger partial charge in [0.1, 0.15) is 5.82 Å². The van der Waals surface area contributed by atoms with Crippen LogP contribution in [0.5, 0.6) is 0 Å². The Balaban J connectivity index is 2.30. The highest BCUT2D eigenvalue weighted by molar-refractivity contribution is 7.89. The quantitative estimate of drug-likeness (QED) is 0.527. The topological polar surface area (TPSA) is 80.8 Å². The molecule has 6 nitrogen and oxygen atoms in total. The Morgan fingerprint density at radius 3 is 2.14 bits per heavy atom. The number of hydrogen-bond acceptors (Lipinski definition) is 5. The molecule has 29 heavy (non-hydrogen) atoms. The van der Waals surface area contributed by atoms with Crippen LogP contribution in [0.15, 0.2) is 35.2 Å². The van der Waals surface area contributed by atoms with Gasteiger partial charge in [-0.1, -0.05) is 6.07 Å². The lowest BCUT2D eigenvalue weighted by Crippen LogP contribution is -2.26. The van der Waals surface area contributed by atoms with Crippen LogP contribution in [0, 0.1) is 26.6 Å². The molecule has 2 aromatic carbocycles. The van der Waals surface area contributed by atoms with Gasteiger partial charge < -0.3 is 4.74 Å². The van der Waals surface area contributed by atoms with Gasteiger partial charge >= 0.3 is 5.97 Å². The van der Waals surface area contributed by atoms with Crippen LogP contribution in [0.25, 0.3) is 0 Å². The molecule has 0 aliphatic heterocycles. The van der Waals surface area contributed by atoms with Crippen molar-refractivity contribution in [1.82, 2.24) is 4.31 Å². The summed E-state index contributed by atoms with van der Waals surface area (Å²) in [6.45, 7) is 6.97. The second kappa shape index (κ2) is 8.42. The summed E-state index contributed by atoms with van der Waals surface area (Å²) in [5, 5.41) is 0. The number of carbonyl (C=O) groups excluding carboxylic acids is 2. The molecule has 2 rings (SSSR count). The van der Waals surface area contributed by atoms with Gasteiger partial charge in [0.25, 0.3) is 0 Å². The van der Waals surface area contributed by atoms with Crippen LogP contribution in [-0.4, -0.2) is 44.7 Å². The summed E-state index contributed by atoms with van der Waals surface area (Å²) in [7, 11) is -1.21. The number of aryl methyl sites for hydroxylation is 3. The van der Waals surface area contributed by atoms with Crippen molar-refractivity contribution in [2.75, 3.05) is 14.1 Å². The van der Waals surface area contributed by atoms with Crippen molar-refractivity contribution in [2.24, 2.45) is 0 Å². The molecular formula is C21H24FNO5S. The molecule has 2 aromatic rings. The largest absolute Gasteiger partial charge is 0.451 e. The van der Waals surface area contributed by atoms with E-state index in [4.69, 9.17) is 4.74 Å². The Bertz CT molecular complexity index is 1080. The minimum atomic E-state index is -3.86. The summed E-state index contributed by atoms with van der Waals surface area (Å²) < 4.78 is 44.7. The number of Topliss-reactive ketones (excluding diaryl/α,β-unsaturated/α-hetero) is 1. The Morgan fingerprint density at radius 2 is 1.55 bits per heavy atom. The minimum Gasteiger partial charge on any atom is -0.451 e. The van der Waals surface area contributed by atoms with Gasteiger partial charge in [-0.2, -0.15) is 0 Å². The molecule has 0 aliphatic carbocycles. The van der Waals surface area contributed by atoms with Crippen molar-refractivity contribution in [3.05, 3.63) is 64.0 Å². The SMILES string of the molecule is Cc1cc(C)c(C(=O)[C@H](C)OC(=O)c2cc(S(=O)(=O)N(C)C)ccc2F)cc1C. The summed E-state index contributed by atoms with van der Waals surface area (Å²) in [6, 6.07) is 6.45. The van der Waals surface area contributed by atoms with Crippen molar-refractivity contribution in [1.29, 1.82) is 0 Å². The second-order valence-electron chi connectivity index (χ2n) is 7.09. The highest BCUT2D eigenvalue weighted by Crippen LogP contribution is 2.21. The van der Waals surface area contributed by atoms with E-state index < -0.39 is 39.3 Å². The lowest BCUT2D eigenvalue weighted by Gasteiger charge is -2.16.